The van der Waals surface area contributed by atoms with E-state index in [1.165, 1.54) is 49.4 Å². The topological polar surface area (TPSA) is 40.5 Å². The van der Waals surface area contributed by atoms with Crippen LogP contribution in [-0.4, -0.2) is 26.8 Å². The van der Waals surface area contributed by atoms with E-state index < -0.39 is 0 Å². The number of alkyl halides is 1. The van der Waals surface area contributed by atoms with Gasteiger partial charge in [-0.05, 0) is 114 Å². The Hall–Kier alpha value is 0.650. The molecule has 0 aliphatic heterocycles. The molecular formula is C26H45IO2. The van der Waals surface area contributed by atoms with Gasteiger partial charge in [0, 0.05) is 0 Å². The van der Waals surface area contributed by atoms with Gasteiger partial charge in [-0.25, -0.2) is 0 Å². The fourth-order valence-electron chi connectivity index (χ4n) is 9.53. The first-order valence-corrected chi connectivity index (χ1v) is 14.2. The third-order valence-electron chi connectivity index (χ3n) is 10.9. The summed E-state index contributed by atoms with van der Waals surface area (Å²) in [4.78, 5) is 0. The predicted molar refractivity (Wildman–Crippen MR) is 129 cm³/mol. The lowest BCUT2D eigenvalue weighted by Gasteiger charge is -2.64. The average Bonchev–Trinajstić information content (AvgIpc) is 3.05. The van der Waals surface area contributed by atoms with Crippen LogP contribution in [-0.2, 0) is 0 Å². The Kier molecular flexibility index (Phi) is 6.72. The van der Waals surface area contributed by atoms with Crippen LogP contribution < -0.4 is 0 Å². The van der Waals surface area contributed by atoms with Crippen LogP contribution in [0, 0.1) is 52.3 Å². The Balaban J connectivity index is 1.63. The third-order valence-corrected chi connectivity index (χ3v) is 11.7. The van der Waals surface area contributed by atoms with Crippen molar-refractivity contribution in [2.45, 2.75) is 104 Å². The van der Waals surface area contributed by atoms with Gasteiger partial charge in [-0.1, -0.05) is 56.7 Å². The largest absolute Gasteiger partial charge is 0.393 e. The van der Waals surface area contributed by atoms with Crippen molar-refractivity contribution in [2.75, 3.05) is 4.43 Å². The third kappa shape index (κ3) is 3.56. The maximum atomic E-state index is 11.7. The molecule has 4 saturated carbocycles. The maximum absolute atomic E-state index is 11.7. The Morgan fingerprint density at radius 2 is 1.66 bits per heavy atom. The normalized spacial score (nSPS) is 53.1. The molecule has 4 rings (SSSR count). The summed E-state index contributed by atoms with van der Waals surface area (Å²) in [6.45, 7) is 9.95. The summed E-state index contributed by atoms with van der Waals surface area (Å²) in [5.74, 6) is 4.44. The molecule has 4 aliphatic carbocycles. The van der Waals surface area contributed by atoms with Crippen molar-refractivity contribution in [3.63, 3.8) is 0 Å². The van der Waals surface area contributed by atoms with E-state index in [0.29, 0.717) is 40.4 Å². The minimum absolute atomic E-state index is 0.144. The van der Waals surface area contributed by atoms with E-state index in [4.69, 9.17) is 0 Å². The van der Waals surface area contributed by atoms with Crippen molar-refractivity contribution in [1.82, 2.24) is 0 Å². The van der Waals surface area contributed by atoms with Crippen LogP contribution in [0.4, 0.5) is 0 Å². The second-order valence-electron chi connectivity index (χ2n) is 11.9. The quantitative estimate of drug-likeness (QED) is 0.325. The van der Waals surface area contributed by atoms with Gasteiger partial charge >= 0.3 is 0 Å². The first-order valence-electron chi connectivity index (χ1n) is 12.7. The summed E-state index contributed by atoms with van der Waals surface area (Å²) in [5.41, 5.74) is 0.762. The Bertz CT molecular complexity index is 581. The summed E-state index contributed by atoms with van der Waals surface area (Å²) in [6.07, 6.45) is 12.0. The maximum Gasteiger partial charge on any atom is 0.0605 e. The molecule has 29 heavy (non-hydrogen) atoms. The molecule has 0 heterocycles. The fraction of sp³-hybridized carbons (Fsp3) is 1.00. The van der Waals surface area contributed by atoms with Gasteiger partial charge < -0.3 is 10.2 Å². The molecule has 0 amide bonds. The number of aliphatic hydroxyl groups excluding tert-OH is 2. The molecule has 11 atom stereocenters. The van der Waals surface area contributed by atoms with E-state index >= 15 is 0 Å². The highest BCUT2D eigenvalue weighted by Gasteiger charge is 2.64. The molecule has 4 fully saturated rings. The van der Waals surface area contributed by atoms with Crippen LogP contribution in [0.1, 0.15) is 91.9 Å². The fourth-order valence-corrected chi connectivity index (χ4v) is 9.97. The molecule has 4 unspecified atom stereocenters. The summed E-state index contributed by atoms with van der Waals surface area (Å²) in [7, 11) is 0. The van der Waals surface area contributed by atoms with E-state index in [2.05, 4.69) is 50.3 Å². The van der Waals surface area contributed by atoms with E-state index in [0.717, 1.165) is 31.1 Å². The number of halogens is 1. The number of hydrogen-bond donors (Lipinski definition) is 2. The second-order valence-corrected chi connectivity index (χ2v) is 13.0. The van der Waals surface area contributed by atoms with Crippen molar-refractivity contribution in [3.8, 4) is 0 Å². The lowest BCUT2D eigenvalue weighted by molar-refractivity contribution is -0.203. The van der Waals surface area contributed by atoms with Gasteiger partial charge in [0.1, 0.15) is 0 Å². The van der Waals surface area contributed by atoms with Crippen LogP contribution >= 0.6 is 22.6 Å². The SMILES string of the molecule is CC[C@@H]1C2C[C@H](O)CCC2(C)[C@H]2CCC3(C)[C@@H]([C@H](C)CCCI)CC[C@H]3C2[C@@H]1O. The molecular weight excluding hydrogens is 471 g/mol. The monoisotopic (exact) mass is 516 g/mol. The number of hydrogen-bond acceptors (Lipinski definition) is 2. The van der Waals surface area contributed by atoms with E-state index in [1.807, 2.05) is 0 Å². The standard InChI is InChI=1S/C26H45IO2/c1-5-18-22-15-17(28)10-12-26(22,4)21-11-13-25(3)19(16(2)7-6-14-27)8-9-20(25)23(21)24(18)29/h16-24,28-29H,5-15H2,1-4H3/t16-,17-,18-,19-,20+,21+,22?,23?,24-,25?,26?/m1/s1. The zero-order chi connectivity index (χ0) is 21.0. The molecule has 0 saturated heterocycles. The number of fused-ring (bicyclic) bond motifs is 5. The van der Waals surface area contributed by atoms with E-state index in [-0.39, 0.29) is 12.2 Å². The van der Waals surface area contributed by atoms with Crippen molar-refractivity contribution >= 4 is 22.6 Å². The van der Waals surface area contributed by atoms with Crippen LogP contribution in [0.5, 0.6) is 0 Å². The Morgan fingerprint density at radius 1 is 0.966 bits per heavy atom. The van der Waals surface area contributed by atoms with Crippen molar-refractivity contribution in [2.24, 2.45) is 52.3 Å². The predicted octanol–water partition coefficient (Wildman–Crippen LogP) is 6.46. The zero-order valence-corrected chi connectivity index (χ0v) is 21.4. The first-order chi connectivity index (χ1) is 13.8. The summed E-state index contributed by atoms with van der Waals surface area (Å²) in [5, 5.41) is 22.2. The molecule has 4 aliphatic rings. The highest BCUT2D eigenvalue weighted by Crippen LogP contribution is 2.69. The van der Waals surface area contributed by atoms with E-state index in [9.17, 15) is 10.2 Å². The zero-order valence-electron chi connectivity index (χ0n) is 19.2. The molecule has 0 aromatic rings. The Morgan fingerprint density at radius 3 is 2.34 bits per heavy atom. The molecule has 0 aromatic heterocycles. The minimum Gasteiger partial charge on any atom is -0.393 e. The summed E-state index contributed by atoms with van der Waals surface area (Å²) in [6, 6.07) is 0. The Labute approximate surface area is 193 Å². The lowest BCUT2D eigenvalue weighted by Crippen LogP contribution is -2.62. The second kappa shape index (κ2) is 8.54. The van der Waals surface area contributed by atoms with Crippen LogP contribution in [0.15, 0.2) is 0 Å². The summed E-state index contributed by atoms with van der Waals surface area (Å²) >= 11 is 2.53. The molecule has 3 heteroatoms. The lowest BCUT2D eigenvalue weighted by atomic mass is 9.41. The molecule has 0 aromatic carbocycles. The van der Waals surface area contributed by atoms with Gasteiger partial charge in [0.2, 0.25) is 0 Å². The smallest absolute Gasteiger partial charge is 0.0605 e. The number of aliphatic hydroxyl groups is 2. The summed E-state index contributed by atoms with van der Waals surface area (Å²) < 4.78 is 1.28. The van der Waals surface area contributed by atoms with Gasteiger partial charge in [-0.3, -0.25) is 0 Å². The highest BCUT2D eigenvalue weighted by atomic mass is 127. The average molecular weight is 517 g/mol. The molecule has 0 bridgehead atoms. The molecule has 2 N–H and O–H groups in total. The first kappa shape index (κ1) is 22.8. The number of rotatable bonds is 5. The molecule has 2 nitrogen and oxygen atoms in total. The molecule has 168 valence electrons. The van der Waals surface area contributed by atoms with E-state index in [1.54, 1.807) is 0 Å². The minimum atomic E-state index is -0.151. The van der Waals surface area contributed by atoms with Gasteiger partial charge in [-0.2, -0.15) is 0 Å². The van der Waals surface area contributed by atoms with Crippen molar-refractivity contribution in [3.05, 3.63) is 0 Å². The highest BCUT2D eigenvalue weighted by molar-refractivity contribution is 14.1. The molecule has 0 radical (unpaired) electrons. The van der Waals surface area contributed by atoms with Gasteiger partial charge in [0.15, 0.2) is 0 Å². The van der Waals surface area contributed by atoms with Crippen LogP contribution in [0.2, 0.25) is 0 Å². The van der Waals surface area contributed by atoms with Gasteiger partial charge in [0.25, 0.3) is 0 Å². The van der Waals surface area contributed by atoms with Crippen molar-refractivity contribution in [1.29, 1.82) is 0 Å². The van der Waals surface area contributed by atoms with Gasteiger partial charge in [-0.15, -0.1) is 0 Å². The van der Waals surface area contributed by atoms with Gasteiger partial charge in [0.05, 0.1) is 12.2 Å². The van der Waals surface area contributed by atoms with Crippen LogP contribution in [0.3, 0.4) is 0 Å². The molecule has 0 spiro atoms. The van der Waals surface area contributed by atoms with Crippen LogP contribution in [0.25, 0.3) is 0 Å². The van der Waals surface area contributed by atoms with Crippen molar-refractivity contribution < 1.29 is 10.2 Å².